The minimum atomic E-state index is 0. The summed E-state index contributed by atoms with van der Waals surface area (Å²) in [6, 6.07) is 0. The van der Waals surface area contributed by atoms with Crippen molar-refractivity contribution >= 4 is 81.5 Å². The molecule has 0 unspecified atom stereocenters. The van der Waals surface area contributed by atoms with Gasteiger partial charge in [-0.2, -0.15) is 0 Å². The fraction of sp³-hybridized carbons (Fsp3) is 0. The van der Waals surface area contributed by atoms with Crippen LogP contribution in [-0.2, 0) is 116 Å². The van der Waals surface area contributed by atoms with Gasteiger partial charge in [0.2, 0.25) is 0 Å². The Bertz CT molecular complexity index is 80.6. The maximum absolute atomic E-state index is 7.75. The summed E-state index contributed by atoms with van der Waals surface area (Å²) in [5.74, 6) is 0. The first-order valence-corrected chi connectivity index (χ1v) is 2.83. The molecule has 0 aromatic carbocycles. The fourth-order valence-corrected chi connectivity index (χ4v) is 0. The van der Waals surface area contributed by atoms with E-state index in [4.69, 9.17) is 57.5 Å². The minimum absolute atomic E-state index is 0. The van der Waals surface area contributed by atoms with Crippen molar-refractivity contribution in [1.82, 2.24) is 0 Å². The maximum atomic E-state index is 7.75. The molecule has 0 spiro atoms. The molecule has 0 fully saturated rings. The first-order valence-electron chi connectivity index (χ1n) is 2.83. The van der Waals surface area contributed by atoms with Crippen LogP contribution < -0.4 is 0 Å². The number of carbonyl (C=O) groups excluding carboxylic acids is 12. The van der Waals surface area contributed by atoms with Gasteiger partial charge in [0.1, 0.15) is 0 Å². The molecule has 0 radical (unpaired) electrons. The summed E-state index contributed by atoms with van der Waals surface area (Å²) >= 11 is 0. The van der Waals surface area contributed by atoms with Gasteiger partial charge in [0.25, 0.3) is 0 Å². The summed E-state index contributed by atoms with van der Waals surface area (Å²) in [6.45, 7) is 39.0. The SMILES string of the molecule is [CH-]=O.[CH-]=O.[CH-]=O.[CH-]=O.[CH-]=O.[CH-]=O.[CH-]=O.[CH-]=O.[CH-]=O.[CH-]=O.[CH-]=O.[CH-]=O.[Ru+4].[Ru+4].[Ru+4]. The third-order valence-electron chi connectivity index (χ3n) is 0. The summed E-state index contributed by atoms with van der Waals surface area (Å²) in [4.78, 5) is 93.0. The zero-order valence-corrected chi connectivity index (χ0v) is 18.1. The van der Waals surface area contributed by atoms with E-state index < -0.39 is 0 Å². The van der Waals surface area contributed by atoms with Crippen LogP contribution in [0.1, 0.15) is 0 Å². The molecule has 0 aromatic rings. The molecule has 0 aliphatic rings. The minimum Gasteiger partial charge on any atom is -0.545 e. The Morgan fingerprint density at radius 1 is 0.148 bits per heavy atom. The molecule has 0 aromatic heterocycles. The topological polar surface area (TPSA) is 205 Å². The molecular formula is C12H12O12Ru3. The summed E-state index contributed by atoms with van der Waals surface area (Å²) in [5.41, 5.74) is 0. The molecule has 0 saturated carbocycles. The predicted molar refractivity (Wildman–Crippen MR) is 81.0 cm³/mol. The summed E-state index contributed by atoms with van der Waals surface area (Å²) in [6.07, 6.45) is 0. The van der Waals surface area contributed by atoms with Crippen molar-refractivity contribution in [3.63, 3.8) is 0 Å². The zero-order chi connectivity index (χ0) is 24.0. The first-order chi connectivity index (χ1) is 12.0. The molecule has 0 aliphatic heterocycles. The Labute approximate surface area is 196 Å². The second-order valence-corrected chi connectivity index (χ2v) is 0. The van der Waals surface area contributed by atoms with Gasteiger partial charge in [0, 0.05) is 0 Å². The van der Waals surface area contributed by atoms with E-state index >= 15 is 0 Å². The molecule has 0 saturated heterocycles. The Kier molecular flexibility index (Phi) is 15400. The summed E-state index contributed by atoms with van der Waals surface area (Å²) in [5, 5.41) is 0. The molecule has 0 bridgehead atoms. The third kappa shape index (κ3) is 2630. The van der Waals surface area contributed by atoms with Crippen LogP contribution in [0.5, 0.6) is 0 Å². The zero-order valence-electron chi connectivity index (χ0n) is 12.9. The van der Waals surface area contributed by atoms with Crippen molar-refractivity contribution in [3.05, 3.63) is 0 Å². The van der Waals surface area contributed by atoms with Crippen molar-refractivity contribution in [3.8, 4) is 0 Å². The molecule has 156 valence electrons. The monoisotopic (exact) mass is 654 g/mol. The van der Waals surface area contributed by atoms with Crippen LogP contribution in [0, 0.1) is 0 Å². The van der Waals surface area contributed by atoms with Gasteiger partial charge in [0.15, 0.2) is 0 Å². The van der Waals surface area contributed by atoms with Crippen LogP contribution in [0.15, 0.2) is 0 Å². The van der Waals surface area contributed by atoms with E-state index in [9.17, 15) is 0 Å². The van der Waals surface area contributed by atoms with Crippen molar-refractivity contribution in [2.45, 2.75) is 0 Å². The Balaban J connectivity index is -0.00000000443. The van der Waals surface area contributed by atoms with Crippen LogP contribution in [-0.4, -0.2) is 81.5 Å². The first kappa shape index (κ1) is 145. The molecule has 0 atom stereocenters. The van der Waals surface area contributed by atoms with E-state index in [-0.39, 0.29) is 58.4 Å². The van der Waals surface area contributed by atoms with Gasteiger partial charge in [-0.05, 0) is 0 Å². The molecule has 12 nitrogen and oxygen atoms in total. The largest absolute Gasteiger partial charge is 4.00 e. The van der Waals surface area contributed by atoms with Gasteiger partial charge in [-0.3, -0.25) is 81.5 Å². The van der Waals surface area contributed by atoms with E-state index in [1.54, 1.807) is 0 Å². The standard InChI is InChI=1S/12CHO.3Ru/c12*1-2;;;/h12*1H;;;/q12*-1;3*+4. The van der Waals surface area contributed by atoms with Gasteiger partial charge in [0.05, 0.1) is 0 Å². The predicted octanol–water partition coefficient (Wildman–Crippen LogP) is -3.30. The molecule has 0 heterocycles. The van der Waals surface area contributed by atoms with E-state index in [0.717, 1.165) is 0 Å². The van der Waals surface area contributed by atoms with E-state index in [1.807, 2.05) is 0 Å². The van der Waals surface area contributed by atoms with Gasteiger partial charge in [-0.1, -0.05) is 0 Å². The van der Waals surface area contributed by atoms with Crippen LogP contribution in [0.3, 0.4) is 0 Å². The van der Waals surface area contributed by atoms with E-state index in [2.05, 4.69) is 81.5 Å². The quantitative estimate of drug-likeness (QED) is 0.144. The van der Waals surface area contributed by atoms with E-state index in [1.165, 1.54) is 0 Å². The summed E-state index contributed by atoms with van der Waals surface area (Å²) in [7, 11) is 0. The van der Waals surface area contributed by atoms with Crippen molar-refractivity contribution in [2.24, 2.45) is 0 Å². The van der Waals surface area contributed by atoms with Gasteiger partial charge in [-0.25, -0.2) is 0 Å². The van der Waals surface area contributed by atoms with Gasteiger partial charge < -0.3 is 57.5 Å². The maximum Gasteiger partial charge on any atom is 4.00 e. The van der Waals surface area contributed by atoms with Gasteiger partial charge >= 0.3 is 58.4 Å². The van der Waals surface area contributed by atoms with Crippen LogP contribution >= 0.6 is 0 Å². The molecule has 0 rings (SSSR count). The molecule has 0 amide bonds. The second kappa shape index (κ2) is 2870. The number of rotatable bonds is 0. The van der Waals surface area contributed by atoms with Crippen LogP contribution in [0.25, 0.3) is 0 Å². The van der Waals surface area contributed by atoms with Gasteiger partial charge in [-0.15, -0.1) is 0 Å². The molecule has 0 aliphatic carbocycles. The molecular weight excluding hydrogens is 639 g/mol. The molecule has 0 N–H and O–H groups in total. The average molecular weight is 651 g/mol. The Morgan fingerprint density at radius 2 is 0.148 bits per heavy atom. The normalized spacial score (nSPS) is 1.78. The number of hydrogen-bond donors (Lipinski definition) is 0. The van der Waals surface area contributed by atoms with Crippen LogP contribution in [0.4, 0.5) is 0 Å². The Hall–Kier alpha value is -2.09. The average Bonchev–Trinajstić information content (AvgIpc) is 2.84. The fourth-order valence-electron chi connectivity index (χ4n) is 0. The number of hydrogen-bond acceptors (Lipinski definition) is 12. The smallest absolute Gasteiger partial charge is 0.545 e. The Morgan fingerprint density at radius 3 is 0.148 bits per heavy atom. The third-order valence-corrected chi connectivity index (χ3v) is 0. The van der Waals surface area contributed by atoms with Crippen LogP contribution in [0.2, 0.25) is 0 Å². The van der Waals surface area contributed by atoms with E-state index in [0.29, 0.717) is 0 Å². The molecule has 27 heavy (non-hydrogen) atoms. The van der Waals surface area contributed by atoms with Crippen molar-refractivity contribution < 1.29 is 116 Å². The van der Waals surface area contributed by atoms with Crippen molar-refractivity contribution in [1.29, 1.82) is 0 Å². The van der Waals surface area contributed by atoms with Crippen molar-refractivity contribution in [2.75, 3.05) is 0 Å². The molecule has 15 heteroatoms. The summed E-state index contributed by atoms with van der Waals surface area (Å²) < 4.78 is 0. The second-order valence-electron chi connectivity index (χ2n) is 0.